The second-order valence-electron chi connectivity index (χ2n) is 5.37. The average molecular weight is 349 g/mol. The van der Waals surface area contributed by atoms with Crippen LogP contribution in [-0.2, 0) is 14.3 Å². The lowest BCUT2D eigenvalue weighted by Crippen LogP contribution is -2.36. The van der Waals surface area contributed by atoms with Crippen LogP contribution < -0.4 is 14.8 Å². The summed E-state index contributed by atoms with van der Waals surface area (Å²) in [6.07, 6.45) is 4.56. The van der Waals surface area contributed by atoms with Crippen LogP contribution in [0.4, 0.5) is 0 Å². The third-order valence-corrected chi connectivity index (χ3v) is 3.60. The lowest BCUT2D eigenvalue weighted by Gasteiger charge is -2.14. The maximum absolute atomic E-state index is 11.7. The Morgan fingerprint density at radius 3 is 2.48 bits per heavy atom. The van der Waals surface area contributed by atoms with Crippen LogP contribution in [0.5, 0.6) is 11.5 Å². The fourth-order valence-corrected chi connectivity index (χ4v) is 2.17. The van der Waals surface area contributed by atoms with Crippen molar-refractivity contribution in [1.29, 1.82) is 0 Å². The topological polar surface area (TPSA) is 73.9 Å². The molecule has 0 fully saturated rings. The highest BCUT2D eigenvalue weighted by molar-refractivity contribution is 5.89. The number of methoxy groups -OCH3 is 1. The van der Waals surface area contributed by atoms with E-state index in [9.17, 15) is 9.59 Å². The lowest BCUT2D eigenvalue weighted by molar-refractivity contribution is -0.144. The number of nitrogens with one attached hydrogen (secondary N) is 1. The van der Waals surface area contributed by atoms with Crippen LogP contribution in [0.2, 0.25) is 0 Å². The van der Waals surface area contributed by atoms with E-state index in [1.807, 2.05) is 20.8 Å². The van der Waals surface area contributed by atoms with Gasteiger partial charge in [0.2, 0.25) is 0 Å². The molecular formula is C19H27NO5. The van der Waals surface area contributed by atoms with Crippen molar-refractivity contribution in [3.05, 3.63) is 29.8 Å². The quantitative estimate of drug-likeness (QED) is 0.519. The van der Waals surface area contributed by atoms with Gasteiger partial charge in [-0.25, -0.2) is 4.79 Å². The van der Waals surface area contributed by atoms with E-state index >= 15 is 0 Å². The van der Waals surface area contributed by atoms with E-state index in [2.05, 4.69) is 5.32 Å². The van der Waals surface area contributed by atoms with Gasteiger partial charge in [0.05, 0.1) is 13.7 Å². The number of rotatable bonds is 10. The molecular weight excluding hydrogens is 322 g/mol. The second kappa shape index (κ2) is 11.1. The molecule has 6 heteroatoms. The first-order chi connectivity index (χ1) is 12.0. The van der Waals surface area contributed by atoms with Gasteiger partial charge < -0.3 is 19.5 Å². The summed E-state index contributed by atoms with van der Waals surface area (Å²) in [7, 11) is 1.55. The molecule has 25 heavy (non-hydrogen) atoms. The number of hydrogen-bond acceptors (Lipinski definition) is 5. The molecule has 0 heterocycles. The molecule has 0 saturated heterocycles. The van der Waals surface area contributed by atoms with E-state index < -0.39 is 5.97 Å². The highest BCUT2D eigenvalue weighted by Crippen LogP contribution is 2.28. The minimum Gasteiger partial charge on any atom is -0.493 e. The van der Waals surface area contributed by atoms with Crippen molar-refractivity contribution in [1.82, 2.24) is 5.32 Å². The Kier molecular flexibility index (Phi) is 9.14. The van der Waals surface area contributed by atoms with Crippen LogP contribution in [-0.4, -0.2) is 38.2 Å². The SMILES string of the molecule is CCOc1ccc(/C=C/C(=O)OCC(=O)NC(CC)CC)cc1OC. The first-order valence-electron chi connectivity index (χ1n) is 8.48. The van der Waals surface area contributed by atoms with Gasteiger partial charge in [0.15, 0.2) is 18.1 Å². The second-order valence-corrected chi connectivity index (χ2v) is 5.37. The van der Waals surface area contributed by atoms with Gasteiger partial charge in [0.1, 0.15) is 0 Å². The molecule has 0 radical (unpaired) electrons. The van der Waals surface area contributed by atoms with Gasteiger partial charge in [-0.3, -0.25) is 4.79 Å². The predicted molar refractivity (Wildman–Crippen MR) is 96.7 cm³/mol. The number of hydrogen-bond donors (Lipinski definition) is 1. The zero-order valence-electron chi connectivity index (χ0n) is 15.3. The maximum atomic E-state index is 11.7. The molecule has 0 spiro atoms. The molecule has 0 aliphatic heterocycles. The van der Waals surface area contributed by atoms with E-state index in [0.717, 1.165) is 18.4 Å². The van der Waals surface area contributed by atoms with Gasteiger partial charge >= 0.3 is 5.97 Å². The monoisotopic (exact) mass is 349 g/mol. The van der Waals surface area contributed by atoms with Crippen molar-refractivity contribution in [2.45, 2.75) is 39.7 Å². The van der Waals surface area contributed by atoms with Gasteiger partial charge in [-0.15, -0.1) is 0 Å². The van der Waals surface area contributed by atoms with Crippen LogP contribution in [0.15, 0.2) is 24.3 Å². The van der Waals surface area contributed by atoms with Crippen molar-refractivity contribution in [3.8, 4) is 11.5 Å². The summed E-state index contributed by atoms with van der Waals surface area (Å²) in [5, 5.41) is 2.81. The molecule has 1 N–H and O–H groups in total. The average Bonchev–Trinajstić information content (AvgIpc) is 2.63. The van der Waals surface area contributed by atoms with Crippen LogP contribution in [0.1, 0.15) is 39.2 Å². The van der Waals surface area contributed by atoms with Crippen LogP contribution in [0.25, 0.3) is 6.08 Å². The number of ether oxygens (including phenoxy) is 3. The Bertz CT molecular complexity index is 593. The standard InChI is InChI=1S/C19H27NO5/c1-5-15(6-2)20-18(21)13-25-19(22)11-9-14-8-10-16(24-7-3)17(12-14)23-4/h8-12,15H,5-7,13H2,1-4H3,(H,20,21)/b11-9+. The minimum atomic E-state index is -0.576. The summed E-state index contributed by atoms with van der Waals surface area (Å²) < 4.78 is 15.6. The molecule has 6 nitrogen and oxygen atoms in total. The summed E-state index contributed by atoms with van der Waals surface area (Å²) in [4.78, 5) is 23.4. The van der Waals surface area contributed by atoms with Crippen molar-refractivity contribution < 1.29 is 23.8 Å². The number of carbonyl (C=O) groups excluding carboxylic acids is 2. The number of esters is 1. The molecule has 1 amide bonds. The largest absolute Gasteiger partial charge is 0.493 e. The number of benzene rings is 1. The highest BCUT2D eigenvalue weighted by atomic mass is 16.5. The van der Waals surface area contributed by atoms with Gasteiger partial charge in [0.25, 0.3) is 5.91 Å². The van der Waals surface area contributed by atoms with E-state index in [-0.39, 0.29) is 18.6 Å². The van der Waals surface area contributed by atoms with E-state index in [1.165, 1.54) is 6.08 Å². The van der Waals surface area contributed by atoms with Crippen molar-refractivity contribution in [3.63, 3.8) is 0 Å². The molecule has 0 aromatic heterocycles. The number of amides is 1. The van der Waals surface area contributed by atoms with Crippen molar-refractivity contribution in [2.75, 3.05) is 20.3 Å². The van der Waals surface area contributed by atoms with E-state index in [0.29, 0.717) is 18.1 Å². The Labute approximate surface area is 149 Å². The smallest absolute Gasteiger partial charge is 0.331 e. The fourth-order valence-electron chi connectivity index (χ4n) is 2.17. The summed E-state index contributed by atoms with van der Waals surface area (Å²) in [6, 6.07) is 5.44. The Balaban J connectivity index is 2.55. The maximum Gasteiger partial charge on any atom is 0.331 e. The molecule has 0 atom stereocenters. The normalized spacial score (nSPS) is 10.8. The summed E-state index contributed by atoms with van der Waals surface area (Å²) in [5.41, 5.74) is 0.763. The van der Waals surface area contributed by atoms with Gasteiger partial charge in [-0.1, -0.05) is 19.9 Å². The van der Waals surface area contributed by atoms with Crippen LogP contribution >= 0.6 is 0 Å². The fraction of sp³-hybridized carbons (Fsp3) is 0.474. The molecule has 0 aliphatic carbocycles. The summed E-state index contributed by atoms with van der Waals surface area (Å²) in [6.45, 7) is 6.13. The number of carbonyl (C=O) groups is 2. The third-order valence-electron chi connectivity index (χ3n) is 3.60. The minimum absolute atomic E-state index is 0.109. The van der Waals surface area contributed by atoms with E-state index in [4.69, 9.17) is 14.2 Å². The van der Waals surface area contributed by atoms with Crippen molar-refractivity contribution >= 4 is 18.0 Å². The Morgan fingerprint density at radius 2 is 1.88 bits per heavy atom. The third kappa shape index (κ3) is 7.28. The molecule has 0 saturated carbocycles. The predicted octanol–water partition coefficient (Wildman–Crippen LogP) is 2.96. The van der Waals surface area contributed by atoms with E-state index in [1.54, 1.807) is 31.4 Å². The molecule has 1 rings (SSSR count). The van der Waals surface area contributed by atoms with Crippen molar-refractivity contribution in [2.24, 2.45) is 0 Å². The molecule has 0 bridgehead atoms. The van der Waals surface area contributed by atoms with Gasteiger partial charge in [0, 0.05) is 12.1 Å². The molecule has 138 valence electrons. The van der Waals surface area contributed by atoms with Gasteiger partial charge in [-0.05, 0) is 43.5 Å². The van der Waals surface area contributed by atoms with Crippen LogP contribution in [0.3, 0.4) is 0 Å². The summed E-state index contributed by atoms with van der Waals surface area (Å²) >= 11 is 0. The first kappa shape index (κ1) is 20.5. The molecule has 1 aromatic rings. The van der Waals surface area contributed by atoms with Crippen LogP contribution in [0, 0.1) is 0 Å². The molecule has 0 aliphatic rings. The summed E-state index contributed by atoms with van der Waals surface area (Å²) in [5.74, 6) is 0.357. The lowest BCUT2D eigenvalue weighted by atomic mass is 10.2. The Morgan fingerprint density at radius 1 is 1.16 bits per heavy atom. The molecule has 0 unspecified atom stereocenters. The Hall–Kier alpha value is -2.50. The van der Waals surface area contributed by atoms with Gasteiger partial charge in [-0.2, -0.15) is 0 Å². The zero-order chi connectivity index (χ0) is 18.7. The highest BCUT2D eigenvalue weighted by Gasteiger charge is 2.10. The zero-order valence-corrected chi connectivity index (χ0v) is 15.3. The first-order valence-corrected chi connectivity index (χ1v) is 8.48. The molecule has 1 aromatic carbocycles.